The van der Waals surface area contributed by atoms with Crippen LogP contribution in [0.4, 0.5) is 0 Å². The first-order valence-electron chi connectivity index (χ1n) is 5.77. The summed E-state index contributed by atoms with van der Waals surface area (Å²) in [6.45, 7) is 4.55. The lowest BCUT2D eigenvalue weighted by Crippen LogP contribution is -2.40. The molecule has 1 spiro atoms. The number of rotatable bonds is 0. The SMILES string of the molecule is CN1[C@@H]2C[C@H]3CC[C@]2(CS1(=O)=O)C3(C)C. The van der Waals surface area contributed by atoms with Crippen LogP contribution < -0.4 is 0 Å². The Bertz CT molecular complexity index is 414. The Labute approximate surface area is 91.9 Å². The molecule has 4 heteroatoms. The van der Waals surface area contributed by atoms with E-state index in [4.69, 9.17) is 0 Å². The molecule has 2 bridgehead atoms. The minimum absolute atomic E-state index is 0.0608. The van der Waals surface area contributed by atoms with E-state index in [1.807, 2.05) is 0 Å². The molecule has 0 N–H and O–H groups in total. The molecule has 3 fully saturated rings. The molecule has 1 heterocycles. The minimum atomic E-state index is -2.97. The second-order valence-electron chi connectivity index (χ2n) is 6.14. The van der Waals surface area contributed by atoms with Gasteiger partial charge in [-0.15, -0.1) is 0 Å². The lowest BCUT2D eigenvalue weighted by molar-refractivity contribution is 0.121. The summed E-state index contributed by atoms with van der Waals surface area (Å²) in [4.78, 5) is 0. The molecule has 3 rings (SSSR count). The predicted molar refractivity (Wildman–Crippen MR) is 58.9 cm³/mol. The average Bonchev–Trinajstić information content (AvgIpc) is 2.56. The number of sulfonamides is 1. The minimum Gasteiger partial charge on any atom is -0.212 e. The fraction of sp³-hybridized carbons (Fsp3) is 1.00. The normalized spacial score (nSPS) is 50.9. The second-order valence-corrected chi connectivity index (χ2v) is 8.17. The second kappa shape index (κ2) is 2.43. The van der Waals surface area contributed by atoms with Gasteiger partial charge in [0.2, 0.25) is 10.0 Å². The summed E-state index contributed by atoms with van der Waals surface area (Å²) < 4.78 is 25.6. The lowest BCUT2D eigenvalue weighted by atomic mass is 9.69. The van der Waals surface area contributed by atoms with E-state index in [0.717, 1.165) is 18.8 Å². The van der Waals surface area contributed by atoms with Gasteiger partial charge in [0.05, 0.1) is 5.75 Å². The maximum absolute atomic E-state index is 12.0. The molecule has 0 radical (unpaired) electrons. The fourth-order valence-electron chi connectivity index (χ4n) is 4.50. The van der Waals surface area contributed by atoms with Crippen LogP contribution in [0.2, 0.25) is 0 Å². The third kappa shape index (κ3) is 0.897. The van der Waals surface area contributed by atoms with Crippen molar-refractivity contribution in [3.63, 3.8) is 0 Å². The van der Waals surface area contributed by atoms with E-state index in [1.54, 1.807) is 11.4 Å². The Kier molecular flexibility index (Phi) is 1.63. The van der Waals surface area contributed by atoms with Crippen LogP contribution in [0.15, 0.2) is 0 Å². The van der Waals surface area contributed by atoms with Gasteiger partial charge in [-0.3, -0.25) is 0 Å². The highest BCUT2D eigenvalue weighted by Crippen LogP contribution is 2.69. The Morgan fingerprint density at radius 3 is 2.53 bits per heavy atom. The largest absolute Gasteiger partial charge is 0.214 e. The van der Waals surface area contributed by atoms with E-state index >= 15 is 0 Å². The average molecular weight is 229 g/mol. The Morgan fingerprint density at radius 2 is 2.00 bits per heavy atom. The van der Waals surface area contributed by atoms with Gasteiger partial charge in [-0.2, -0.15) is 0 Å². The molecule has 3 nitrogen and oxygen atoms in total. The summed E-state index contributed by atoms with van der Waals surface area (Å²) in [6.07, 6.45) is 3.43. The van der Waals surface area contributed by atoms with Crippen LogP contribution in [0.25, 0.3) is 0 Å². The summed E-state index contributed by atoms with van der Waals surface area (Å²) in [7, 11) is -1.20. The van der Waals surface area contributed by atoms with Crippen molar-refractivity contribution in [2.45, 2.75) is 39.2 Å². The highest BCUT2D eigenvalue weighted by Gasteiger charge is 2.70. The van der Waals surface area contributed by atoms with E-state index in [0.29, 0.717) is 5.75 Å². The van der Waals surface area contributed by atoms with Gasteiger partial charge in [-0.1, -0.05) is 13.8 Å². The Hall–Kier alpha value is -0.0900. The first-order valence-corrected chi connectivity index (χ1v) is 7.38. The smallest absolute Gasteiger partial charge is 0.212 e. The van der Waals surface area contributed by atoms with Crippen LogP contribution in [-0.2, 0) is 10.0 Å². The zero-order valence-corrected chi connectivity index (χ0v) is 10.5. The van der Waals surface area contributed by atoms with Gasteiger partial charge >= 0.3 is 0 Å². The molecule has 0 aromatic heterocycles. The number of hydrogen-bond donors (Lipinski definition) is 0. The first kappa shape index (κ1) is 10.1. The molecule has 0 unspecified atom stereocenters. The molecule has 2 aliphatic carbocycles. The molecule has 1 aliphatic heterocycles. The van der Waals surface area contributed by atoms with Crippen molar-refractivity contribution in [2.75, 3.05) is 12.8 Å². The molecule has 2 saturated carbocycles. The summed E-state index contributed by atoms with van der Waals surface area (Å²) in [5, 5.41) is 0. The molecule has 86 valence electrons. The molecule has 0 aromatic rings. The highest BCUT2D eigenvalue weighted by molar-refractivity contribution is 7.89. The lowest BCUT2D eigenvalue weighted by Gasteiger charge is -2.36. The zero-order valence-electron chi connectivity index (χ0n) is 9.66. The van der Waals surface area contributed by atoms with Crippen LogP contribution in [0.3, 0.4) is 0 Å². The van der Waals surface area contributed by atoms with E-state index < -0.39 is 10.0 Å². The standard InChI is InChI=1S/C11H19NO2S/c1-10(2)8-4-5-11(10)7-15(13,14)12(3)9(11)6-8/h8-9H,4-7H2,1-3H3/t8-,9-,11-/m1/s1. The zero-order chi connectivity index (χ0) is 11.1. The summed E-state index contributed by atoms with van der Waals surface area (Å²) in [5.41, 5.74) is 0.279. The number of nitrogens with zero attached hydrogens (tertiary/aromatic N) is 1. The number of fused-ring (bicyclic) bond motifs is 1. The van der Waals surface area contributed by atoms with Gasteiger partial charge in [0, 0.05) is 18.5 Å². The van der Waals surface area contributed by atoms with Gasteiger partial charge in [-0.25, -0.2) is 12.7 Å². The summed E-state index contributed by atoms with van der Waals surface area (Å²) >= 11 is 0. The molecule has 3 aliphatic rings. The van der Waals surface area contributed by atoms with Gasteiger partial charge in [0.25, 0.3) is 0 Å². The number of hydrogen-bond acceptors (Lipinski definition) is 2. The monoisotopic (exact) mass is 229 g/mol. The Morgan fingerprint density at radius 1 is 1.33 bits per heavy atom. The fourth-order valence-corrected chi connectivity index (χ4v) is 6.74. The van der Waals surface area contributed by atoms with Gasteiger partial charge in [0.15, 0.2) is 0 Å². The van der Waals surface area contributed by atoms with Crippen molar-refractivity contribution in [1.82, 2.24) is 4.31 Å². The Balaban J connectivity index is 2.16. The molecular formula is C11H19NO2S. The van der Waals surface area contributed by atoms with Gasteiger partial charge in [0.1, 0.15) is 0 Å². The molecule has 3 atom stereocenters. The molecule has 0 aromatic carbocycles. The highest BCUT2D eigenvalue weighted by atomic mass is 32.2. The topological polar surface area (TPSA) is 37.4 Å². The summed E-state index contributed by atoms with van der Waals surface area (Å²) in [6, 6.07) is 0.288. The van der Waals surface area contributed by atoms with E-state index in [1.165, 1.54) is 6.42 Å². The van der Waals surface area contributed by atoms with Crippen LogP contribution >= 0.6 is 0 Å². The van der Waals surface area contributed by atoms with Crippen molar-refractivity contribution < 1.29 is 8.42 Å². The van der Waals surface area contributed by atoms with Crippen molar-refractivity contribution in [1.29, 1.82) is 0 Å². The van der Waals surface area contributed by atoms with Crippen molar-refractivity contribution in [3.05, 3.63) is 0 Å². The van der Waals surface area contributed by atoms with Crippen molar-refractivity contribution >= 4 is 10.0 Å². The van der Waals surface area contributed by atoms with E-state index in [9.17, 15) is 8.42 Å². The predicted octanol–water partition coefficient (Wildman–Crippen LogP) is 1.46. The third-order valence-electron chi connectivity index (χ3n) is 5.71. The van der Waals surface area contributed by atoms with Crippen molar-refractivity contribution in [2.24, 2.45) is 16.7 Å². The maximum atomic E-state index is 12.0. The van der Waals surface area contributed by atoms with Crippen LogP contribution in [0, 0.1) is 16.7 Å². The molecule has 1 saturated heterocycles. The van der Waals surface area contributed by atoms with Crippen LogP contribution in [-0.4, -0.2) is 31.6 Å². The maximum Gasteiger partial charge on any atom is 0.214 e. The van der Waals surface area contributed by atoms with Gasteiger partial charge in [-0.05, 0) is 30.6 Å². The van der Waals surface area contributed by atoms with E-state index in [-0.39, 0.29) is 16.9 Å². The first-order chi connectivity index (χ1) is 6.81. The van der Waals surface area contributed by atoms with E-state index in [2.05, 4.69) is 13.8 Å². The van der Waals surface area contributed by atoms with Crippen LogP contribution in [0.1, 0.15) is 33.1 Å². The molecule has 15 heavy (non-hydrogen) atoms. The summed E-state index contributed by atoms with van der Waals surface area (Å²) in [5.74, 6) is 1.13. The van der Waals surface area contributed by atoms with Crippen LogP contribution in [0.5, 0.6) is 0 Å². The quantitative estimate of drug-likeness (QED) is 0.630. The third-order valence-corrected chi connectivity index (χ3v) is 7.72. The molecule has 0 amide bonds. The van der Waals surface area contributed by atoms with Gasteiger partial charge < -0.3 is 0 Å². The molecular weight excluding hydrogens is 210 g/mol. The van der Waals surface area contributed by atoms with Crippen molar-refractivity contribution in [3.8, 4) is 0 Å².